The fourth-order valence-electron chi connectivity index (χ4n) is 2.26. The number of nitriles is 1. The number of carbonyl (C=O) groups is 1. The van der Waals surface area contributed by atoms with Crippen LogP contribution in [0.1, 0.15) is 10.4 Å². The molecule has 0 aliphatic carbocycles. The van der Waals surface area contributed by atoms with Gasteiger partial charge in [0.05, 0.1) is 11.8 Å². The second-order valence-electron chi connectivity index (χ2n) is 5.32. The summed E-state index contributed by atoms with van der Waals surface area (Å²) in [6, 6.07) is 18.7. The molecule has 6 nitrogen and oxygen atoms in total. The van der Waals surface area contributed by atoms with E-state index < -0.39 is 0 Å². The van der Waals surface area contributed by atoms with Gasteiger partial charge >= 0.3 is 0 Å². The number of halogens is 1. The summed E-state index contributed by atoms with van der Waals surface area (Å²) in [5.74, 6) is 0.224. The summed E-state index contributed by atoms with van der Waals surface area (Å²) in [5.41, 5.74) is 3.02. The first-order valence-electron chi connectivity index (χ1n) is 7.77. The van der Waals surface area contributed by atoms with Gasteiger partial charge in [0, 0.05) is 26.6 Å². The number of hydrogen-bond donors (Lipinski definition) is 2. The molecule has 0 saturated heterocycles. The van der Waals surface area contributed by atoms with Crippen LogP contribution in [0.5, 0.6) is 0 Å². The molecule has 0 aliphatic rings. The van der Waals surface area contributed by atoms with Crippen LogP contribution in [-0.4, -0.2) is 22.4 Å². The Bertz CT molecular complexity index is 949. The van der Waals surface area contributed by atoms with Gasteiger partial charge in [-0.2, -0.15) is 5.26 Å². The van der Waals surface area contributed by atoms with Gasteiger partial charge in [-0.3, -0.25) is 4.79 Å². The van der Waals surface area contributed by atoms with E-state index >= 15 is 0 Å². The zero-order chi connectivity index (χ0) is 18.4. The van der Waals surface area contributed by atoms with Gasteiger partial charge < -0.3 is 10.6 Å². The molecule has 0 fully saturated rings. The summed E-state index contributed by atoms with van der Waals surface area (Å²) in [6.45, 7) is -0.0138. The van der Waals surface area contributed by atoms with Gasteiger partial charge in [-0.1, -0.05) is 12.1 Å². The molecule has 3 rings (SSSR count). The molecule has 7 heteroatoms. The van der Waals surface area contributed by atoms with E-state index in [9.17, 15) is 4.79 Å². The molecule has 1 aromatic heterocycles. The van der Waals surface area contributed by atoms with Crippen LogP contribution in [-0.2, 0) is 0 Å². The van der Waals surface area contributed by atoms with E-state index in [0.717, 1.165) is 20.5 Å². The molecule has 1 amide bonds. The highest BCUT2D eigenvalue weighted by Gasteiger charge is 2.07. The summed E-state index contributed by atoms with van der Waals surface area (Å²) in [6.07, 6.45) is 1.69. The van der Waals surface area contributed by atoms with Gasteiger partial charge in [0.15, 0.2) is 0 Å². The first kappa shape index (κ1) is 17.8. The van der Waals surface area contributed by atoms with E-state index in [4.69, 9.17) is 5.26 Å². The predicted molar refractivity (Wildman–Crippen MR) is 108 cm³/mol. The summed E-state index contributed by atoms with van der Waals surface area (Å²) in [7, 11) is 0. The lowest BCUT2D eigenvalue weighted by Crippen LogP contribution is -2.23. The van der Waals surface area contributed by atoms with E-state index in [2.05, 4.69) is 43.2 Å². The maximum absolute atomic E-state index is 11.8. The van der Waals surface area contributed by atoms with Crippen LogP contribution in [0.4, 0.5) is 11.6 Å². The summed E-state index contributed by atoms with van der Waals surface area (Å²) in [5, 5.41) is 14.2. The topological polar surface area (TPSA) is 90.7 Å². The summed E-state index contributed by atoms with van der Waals surface area (Å²) < 4.78 is 1.15. The highest BCUT2D eigenvalue weighted by atomic mass is 127. The molecule has 1 heterocycles. The SMILES string of the molecule is N#CCNC(=O)c1ccc(-c2ccnc(Nc3ccc(I)cc3)n2)cc1. The van der Waals surface area contributed by atoms with Gasteiger partial charge in [0.2, 0.25) is 5.95 Å². The highest BCUT2D eigenvalue weighted by Crippen LogP contribution is 2.20. The smallest absolute Gasteiger partial charge is 0.252 e. The lowest BCUT2D eigenvalue weighted by molar-refractivity contribution is 0.0958. The number of carbonyl (C=O) groups excluding carboxylic acids is 1. The molecular formula is C19H14IN5O. The fraction of sp³-hybridized carbons (Fsp3) is 0.0526. The van der Waals surface area contributed by atoms with Crippen LogP contribution < -0.4 is 10.6 Å². The lowest BCUT2D eigenvalue weighted by Gasteiger charge is -2.07. The Kier molecular flexibility index (Phi) is 5.76. The van der Waals surface area contributed by atoms with Gasteiger partial charge in [-0.05, 0) is 65.1 Å². The number of nitrogens with zero attached hydrogens (tertiary/aromatic N) is 3. The Balaban J connectivity index is 1.76. The van der Waals surface area contributed by atoms with Crippen molar-refractivity contribution in [1.82, 2.24) is 15.3 Å². The molecule has 0 spiro atoms. The minimum absolute atomic E-state index is 0.0138. The second kappa shape index (κ2) is 8.40. The lowest BCUT2D eigenvalue weighted by atomic mass is 10.1. The largest absolute Gasteiger partial charge is 0.339 e. The molecule has 3 aromatic rings. The average Bonchev–Trinajstić information content (AvgIpc) is 2.68. The standard InChI is InChI=1S/C19H14IN5O/c20-15-5-7-16(8-6-15)24-19-23-11-9-17(25-19)13-1-3-14(4-2-13)18(26)22-12-10-21/h1-9,11H,12H2,(H,22,26)(H,23,24,25). The monoisotopic (exact) mass is 455 g/mol. The quantitative estimate of drug-likeness (QED) is 0.452. The van der Waals surface area contributed by atoms with Gasteiger partial charge in [0.1, 0.15) is 6.54 Å². The number of rotatable bonds is 5. The molecule has 2 N–H and O–H groups in total. The van der Waals surface area contributed by atoms with Crippen molar-refractivity contribution in [3.8, 4) is 17.3 Å². The molecule has 26 heavy (non-hydrogen) atoms. The first-order valence-corrected chi connectivity index (χ1v) is 8.85. The van der Waals surface area contributed by atoms with Crippen molar-refractivity contribution in [2.75, 3.05) is 11.9 Å². The maximum Gasteiger partial charge on any atom is 0.252 e. The average molecular weight is 455 g/mol. The number of nitrogens with one attached hydrogen (secondary N) is 2. The fourth-order valence-corrected chi connectivity index (χ4v) is 2.62. The molecule has 0 unspecified atom stereocenters. The van der Waals surface area contributed by atoms with E-state index in [-0.39, 0.29) is 12.5 Å². The third kappa shape index (κ3) is 4.55. The Morgan fingerprint density at radius 1 is 1.08 bits per heavy atom. The number of benzene rings is 2. The van der Waals surface area contributed by atoms with Crippen molar-refractivity contribution in [3.63, 3.8) is 0 Å². The first-order chi connectivity index (χ1) is 12.7. The van der Waals surface area contributed by atoms with Crippen LogP contribution >= 0.6 is 22.6 Å². The highest BCUT2D eigenvalue weighted by molar-refractivity contribution is 14.1. The third-order valence-corrected chi connectivity index (χ3v) is 4.25. The van der Waals surface area contributed by atoms with Gasteiger partial charge in [0.25, 0.3) is 5.91 Å². The minimum atomic E-state index is -0.276. The number of hydrogen-bond acceptors (Lipinski definition) is 5. The van der Waals surface area contributed by atoms with Crippen molar-refractivity contribution in [3.05, 3.63) is 69.9 Å². The van der Waals surface area contributed by atoms with Gasteiger partial charge in [-0.15, -0.1) is 0 Å². The number of amides is 1. The van der Waals surface area contributed by atoms with Crippen LogP contribution in [0.15, 0.2) is 60.8 Å². The predicted octanol–water partition coefficient (Wildman–Crippen LogP) is 3.75. The second-order valence-corrected chi connectivity index (χ2v) is 6.56. The molecule has 0 bridgehead atoms. The third-order valence-electron chi connectivity index (χ3n) is 3.53. The van der Waals surface area contributed by atoms with Crippen molar-refractivity contribution in [1.29, 1.82) is 5.26 Å². The van der Waals surface area contributed by atoms with Crippen molar-refractivity contribution in [2.45, 2.75) is 0 Å². The Morgan fingerprint density at radius 3 is 2.50 bits per heavy atom. The van der Waals surface area contributed by atoms with Crippen LogP contribution in [0.3, 0.4) is 0 Å². The minimum Gasteiger partial charge on any atom is -0.339 e. The van der Waals surface area contributed by atoms with E-state index in [0.29, 0.717) is 11.5 Å². The molecule has 128 valence electrons. The van der Waals surface area contributed by atoms with Crippen molar-refractivity contribution < 1.29 is 4.79 Å². The molecule has 2 aromatic carbocycles. The Labute approximate surface area is 164 Å². The van der Waals surface area contributed by atoms with Gasteiger partial charge in [-0.25, -0.2) is 9.97 Å². The molecule has 0 saturated carbocycles. The molecule has 0 aliphatic heterocycles. The Morgan fingerprint density at radius 2 is 1.81 bits per heavy atom. The van der Waals surface area contributed by atoms with E-state index in [1.807, 2.05) is 48.5 Å². The molecular weight excluding hydrogens is 441 g/mol. The van der Waals surface area contributed by atoms with Crippen molar-refractivity contribution in [2.24, 2.45) is 0 Å². The normalized spacial score (nSPS) is 10.0. The molecule has 0 radical (unpaired) electrons. The zero-order valence-corrected chi connectivity index (χ0v) is 15.8. The summed E-state index contributed by atoms with van der Waals surface area (Å²) in [4.78, 5) is 20.6. The Hall–Kier alpha value is -2.99. The van der Waals surface area contributed by atoms with Crippen LogP contribution in [0.25, 0.3) is 11.3 Å². The zero-order valence-electron chi connectivity index (χ0n) is 13.6. The molecule has 0 atom stereocenters. The maximum atomic E-state index is 11.8. The van der Waals surface area contributed by atoms with E-state index in [1.54, 1.807) is 18.3 Å². The summed E-state index contributed by atoms with van der Waals surface area (Å²) >= 11 is 2.25. The van der Waals surface area contributed by atoms with Crippen LogP contribution in [0, 0.1) is 14.9 Å². The number of anilines is 2. The van der Waals surface area contributed by atoms with E-state index in [1.165, 1.54) is 0 Å². The van der Waals surface area contributed by atoms with Crippen LogP contribution in [0.2, 0.25) is 0 Å². The number of aromatic nitrogens is 2. The van der Waals surface area contributed by atoms with Crippen molar-refractivity contribution >= 4 is 40.1 Å².